The number of benzene rings is 2. The van der Waals surface area contributed by atoms with Crippen LogP contribution in [-0.4, -0.2) is 36.0 Å². The van der Waals surface area contributed by atoms with Crippen LogP contribution in [0.5, 0.6) is 0 Å². The van der Waals surface area contributed by atoms with Crippen LogP contribution in [0.4, 0.5) is 0 Å². The first kappa shape index (κ1) is 19.1. The van der Waals surface area contributed by atoms with E-state index in [1.165, 1.54) is 0 Å². The van der Waals surface area contributed by atoms with Crippen LogP contribution in [0.15, 0.2) is 60.7 Å². The van der Waals surface area contributed by atoms with E-state index < -0.39 is 12.1 Å². The van der Waals surface area contributed by atoms with Gasteiger partial charge in [0.2, 0.25) is 5.91 Å². The number of nitrogens with zero attached hydrogens (tertiary/aromatic N) is 1. The van der Waals surface area contributed by atoms with Gasteiger partial charge in [-0.3, -0.25) is 9.59 Å². The van der Waals surface area contributed by atoms with Gasteiger partial charge in [0.15, 0.2) is 6.10 Å². The standard InChI is InChI=1S/C22H26N2O3/c1-16(2)13-24(14-17-9-5-3-6-10-17)22(26)21-20(23-19(25)15-27-21)18-11-7-4-8-12-18/h3-12,16,20-21H,13-15H2,1-2H3,(H,23,25). The first-order valence-electron chi connectivity index (χ1n) is 9.33. The third-order valence-electron chi connectivity index (χ3n) is 4.53. The van der Waals surface area contributed by atoms with Crippen LogP contribution < -0.4 is 5.32 Å². The van der Waals surface area contributed by atoms with Crippen molar-refractivity contribution in [2.45, 2.75) is 32.5 Å². The van der Waals surface area contributed by atoms with Gasteiger partial charge in [0.25, 0.3) is 5.91 Å². The summed E-state index contributed by atoms with van der Waals surface area (Å²) in [6.07, 6.45) is -0.729. The second kappa shape index (κ2) is 8.82. The lowest BCUT2D eigenvalue weighted by molar-refractivity contribution is -0.156. The Kier molecular flexibility index (Phi) is 6.24. The average molecular weight is 366 g/mol. The van der Waals surface area contributed by atoms with Crippen molar-refractivity contribution in [3.05, 3.63) is 71.8 Å². The molecular weight excluding hydrogens is 340 g/mol. The molecule has 0 spiro atoms. The molecule has 1 N–H and O–H groups in total. The maximum absolute atomic E-state index is 13.4. The fourth-order valence-corrected chi connectivity index (χ4v) is 3.34. The molecular formula is C22H26N2O3. The number of morpholine rings is 1. The molecule has 27 heavy (non-hydrogen) atoms. The zero-order valence-electron chi connectivity index (χ0n) is 15.8. The van der Waals surface area contributed by atoms with Crippen LogP contribution >= 0.6 is 0 Å². The lowest BCUT2D eigenvalue weighted by atomic mass is 9.98. The summed E-state index contributed by atoms with van der Waals surface area (Å²) in [6, 6.07) is 19.0. The normalized spacial score (nSPS) is 19.6. The number of rotatable bonds is 6. The number of carbonyl (C=O) groups excluding carboxylic acids is 2. The number of hydrogen-bond acceptors (Lipinski definition) is 3. The van der Waals surface area contributed by atoms with Crippen LogP contribution in [0.3, 0.4) is 0 Å². The van der Waals surface area contributed by atoms with Crippen molar-refractivity contribution in [2.75, 3.05) is 13.2 Å². The van der Waals surface area contributed by atoms with Gasteiger partial charge in [-0.05, 0) is 17.0 Å². The molecule has 2 unspecified atom stereocenters. The predicted octanol–water partition coefficient (Wildman–Crippen LogP) is 2.93. The molecule has 1 heterocycles. The molecule has 5 nitrogen and oxygen atoms in total. The SMILES string of the molecule is CC(C)CN(Cc1ccccc1)C(=O)C1OCC(=O)NC1c1ccccc1. The lowest BCUT2D eigenvalue weighted by Crippen LogP contribution is -2.53. The zero-order valence-corrected chi connectivity index (χ0v) is 15.8. The van der Waals surface area contributed by atoms with Crippen molar-refractivity contribution in [1.82, 2.24) is 10.2 Å². The topological polar surface area (TPSA) is 58.6 Å². The third-order valence-corrected chi connectivity index (χ3v) is 4.53. The van der Waals surface area contributed by atoms with Crippen molar-refractivity contribution in [3.63, 3.8) is 0 Å². The highest BCUT2D eigenvalue weighted by Gasteiger charge is 2.38. The molecule has 1 saturated heterocycles. The summed E-state index contributed by atoms with van der Waals surface area (Å²) in [5, 5.41) is 2.92. The van der Waals surface area contributed by atoms with Crippen molar-refractivity contribution < 1.29 is 14.3 Å². The smallest absolute Gasteiger partial charge is 0.254 e. The highest BCUT2D eigenvalue weighted by molar-refractivity contribution is 5.86. The summed E-state index contributed by atoms with van der Waals surface area (Å²) in [7, 11) is 0. The summed E-state index contributed by atoms with van der Waals surface area (Å²) < 4.78 is 5.72. The van der Waals surface area contributed by atoms with Crippen molar-refractivity contribution in [1.29, 1.82) is 0 Å². The molecule has 1 aliphatic heterocycles. The molecule has 1 aliphatic rings. The Hall–Kier alpha value is -2.66. The number of carbonyl (C=O) groups is 2. The van der Waals surface area contributed by atoms with Gasteiger partial charge in [-0.15, -0.1) is 0 Å². The largest absolute Gasteiger partial charge is 0.356 e. The number of nitrogens with one attached hydrogen (secondary N) is 1. The lowest BCUT2D eigenvalue weighted by Gasteiger charge is -2.36. The van der Waals surface area contributed by atoms with E-state index in [1.807, 2.05) is 65.6 Å². The first-order chi connectivity index (χ1) is 13.0. The van der Waals surface area contributed by atoms with Crippen molar-refractivity contribution in [2.24, 2.45) is 5.92 Å². The minimum atomic E-state index is -0.729. The van der Waals surface area contributed by atoms with Crippen LogP contribution in [0.2, 0.25) is 0 Å². The fraction of sp³-hybridized carbons (Fsp3) is 0.364. The van der Waals surface area contributed by atoms with E-state index in [0.29, 0.717) is 19.0 Å². The first-order valence-corrected chi connectivity index (χ1v) is 9.33. The van der Waals surface area contributed by atoms with Gasteiger partial charge >= 0.3 is 0 Å². The number of hydrogen-bond donors (Lipinski definition) is 1. The average Bonchev–Trinajstić information content (AvgIpc) is 2.68. The van der Waals surface area contributed by atoms with Crippen LogP contribution in [0, 0.1) is 5.92 Å². The van der Waals surface area contributed by atoms with E-state index in [1.54, 1.807) is 0 Å². The monoisotopic (exact) mass is 366 g/mol. The van der Waals surface area contributed by atoms with E-state index in [9.17, 15) is 9.59 Å². The van der Waals surface area contributed by atoms with Crippen LogP contribution in [0.1, 0.15) is 31.0 Å². The van der Waals surface area contributed by atoms with Crippen LogP contribution in [0.25, 0.3) is 0 Å². The summed E-state index contributed by atoms with van der Waals surface area (Å²) in [5.41, 5.74) is 1.94. The number of amides is 2. The molecule has 2 amide bonds. The predicted molar refractivity (Wildman–Crippen MR) is 104 cm³/mol. The van der Waals surface area contributed by atoms with Crippen molar-refractivity contribution >= 4 is 11.8 Å². The Morgan fingerprint density at radius 2 is 1.74 bits per heavy atom. The molecule has 0 aliphatic carbocycles. The molecule has 2 aromatic carbocycles. The van der Waals surface area contributed by atoms with E-state index in [0.717, 1.165) is 11.1 Å². The molecule has 142 valence electrons. The Bertz CT molecular complexity index is 762. The van der Waals surface area contributed by atoms with Crippen LogP contribution in [-0.2, 0) is 20.9 Å². The summed E-state index contributed by atoms with van der Waals surface area (Å²) in [4.78, 5) is 27.1. The minimum Gasteiger partial charge on any atom is -0.356 e. The molecule has 3 rings (SSSR count). The van der Waals surface area contributed by atoms with Gasteiger partial charge in [0.05, 0.1) is 6.04 Å². The Labute approximate surface area is 160 Å². The summed E-state index contributed by atoms with van der Waals surface area (Å²) >= 11 is 0. The van der Waals surface area contributed by atoms with Gasteiger partial charge < -0.3 is 15.0 Å². The molecule has 0 saturated carbocycles. The highest BCUT2D eigenvalue weighted by atomic mass is 16.5. The van der Waals surface area contributed by atoms with Gasteiger partial charge in [0, 0.05) is 13.1 Å². The second-order valence-electron chi connectivity index (χ2n) is 7.29. The zero-order chi connectivity index (χ0) is 19.2. The quantitative estimate of drug-likeness (QED) is 0.855. The molecule has 2 aromatic rings. The molecule has 2 atom stereocenters. The second-order valence-corrected chi connectivity index (χ2v) is 7.29. The van der Waals surface area contributed by atoms with E-state index in [2.05, 4.69) is 19.2 Å². The third kappa shape index (κ3) is 4.95. The highest BCUT2D eigenvalue weighted by Crippen LogP contribution is 2.25. The van der Waals surface area contributed by atoms with E-state index >= 15 is 0 Å². The Morgan fingerprint density at radius 1 is 1.11 bits per heavy atom. The summed E-state index contributed by atoms with van der Waals surface area (Å²) in [6.45, 7) is 5.23. The molecule has 5 heteroatoms. The summed E-state index contributed by atoms with van der Waals surface area (Å²) in [5.74, 6) is 0.0267. The maximum Gasteiger partial charge on any atom is 0.254 e. The minimum absolute atomic E-state index is 0.0959. The Morgan fingerprint density at radius 3 is 2.37 bits per heavy atom. The van der Waals surface area contributed by atoms with Gasteiger partial charge in [-0.1, -0.05) is 74.5 Å². The maximum atomic E-state index is 13.4. The molecule has 1 fully saturated rings. The van der Waals surface area contributed by atoms with Crippen molar-refractivity contribution in [3.8, 4) is 0 Å². The van der Waals surface area contributed by atoms with E-state index in [-0.39, 0.29) is 18.4 Å². The van der Waals surface area contributed by atoms with E-state index in [4.69, 9.17) is 4.74 Å². The fourth-order valence-electron chi connectivity index (χ4n) is 3.34. The van der Waals surface area contributed by atoms with Gasteiger partial charge in [0.1, 0.15) is 6.61 Å². The number of ether oxygens (including phenoxy) is 1. The molecule has 0 aromatic heterocycles. The van der Waals surface area contributed by atoms with Gasteiger partial charge in [-0.25, -0.2) is 0 Å². The molecule has 0 bridgehead atoms. The Balaban J connectivity index is 1.84. The van der Waals surface area contributed by atoms with Gasteiger partial charge in [-0.2, -0.15) is 0 Å². The molecule has 0 radical (unpaired) electrons.